The largest absolute Gasteiger partial charge is 0.491 e. The summed E-state index contributed by atoms with van der Waals surface area (Å²) >= 11 is 3.46. The number of ether oxygens (including phenoxy) is 2. The van der Waals surface area contributed by atoms with E-state index in [0.717, 1.165) is 36.5 Å². The number of benzene rings is 1. The maximum Gasteiger partial charge on any atom is 0.133 e. The molecule has 0 spiro atoms. The first-order valence-corrected chi connectivity index (χ1v) is 6.81. The molecule has 4 heteroatoms. The molecule has 1 saturated heterocycles. The second-order valence-electron chi connectivity index (χ2n) is 4.21. The number of halogens is 1. The van der Waals surface area contributed by atoms with Crippen LogP contribution >= 0.6 is 15.9 Å². The van der Waals surface area contributed by atoms with E-state index in [1.54, 1.807) is 0 Å². The Morgan fingerprint density at radius 3 is 3.06 bits per heavy atom. The minimum atomic E-state index is 0.679. The van der Waals surface area contributed by atoms with Crippen LogP contribution in [0.4, 0.5) is 0 Å². The summed E-state index contributed by atoms with van der Waals surface area (Å²) in [6.45, 7) is 4.41. The van der Waals surface area contributed by atoms with Gasteiger partial charge < -0.3 is 14.8 Å². The van der Waals surface area contributed by atoms with Crippen molar-refractivity contribution < 1.29 is 9.47 Å². The van der Waals surface area contributed by atoms with Crippen LogP contribution < -0.4 is 10.1 Å². The van der Waals surface area contributed by atoms with Crippen LogP contribution in [0.3, 0.4) is 0 Å². The fourth-order valence-electron chi connectivity index (χ4n) is 1.85. The van der Waals surface area contributed by atoms with Gasteiger partial charge >= 0.3 is 0 Å². The third-order valence-corrected chi connectivity index (χ3v) is 3.49. The maximum absolute atomic E-state index is 5.66. The Hall–Kier alpha value is -0.580. The second kappa shape index (κ2) is 6.99. The Bertz CT molecular complexity index is 340. The van der Waals surface area contributed by atoms with Crippen LogP contribution in [0.25, 0.3) is 0 Å². The molecule has 94 valence electrons. The molecule has 1 fully saturated rings. The quantitative estimate of drug-likeness (QED) is 0.819. The third-order valence-electron chi connectivity index (χ3n) is 2.83. The first-order valence-electron chi connectivity index (χ1n) is 6.02. The van der Waals surface area contributed by atoms with Crippen molar-refractivity contribution in [2.24, 2.45) is 5.92 Å². The molecule has 0 bridgehead atoms. The van der Waals surface area contributed by atoms with Crippen LogP contribution in [0.5, 0.6) is 5.75 Å². The number of para-hydroxylation sites is 1. The Morgan fingerprint density at radius 1 is 1.41 bits per heavy atom. The first-order chi connectivity index (χ1) is 8.36. The highest BCUT2D eigenvalue weighted by atomic mass is 79.9. The molecule has 0 aliphatic carbocycles. The molecule has 1 aliphatic heterocycles. The SMILES string of the molecule is Brc1ccccc1OCCNCC1CCOC1. The highest BCUT2D eigenvalue weighted by Gasteiger charge is 2.14. The lowest BCUT2D eigenvalue weighted by Gasteiger charge is -2.11. The Kier molecular flexibility index (Phi) is 5.29. The summed E-state index contributed by atoms with van der Waals surface area (Å²) in [6.07, 6.45) is 1.18. The van der Waals surface area contributed by atoms with Crippen LogP contribution in [0.1, 0.15) is 6.42 Å². The van der Waals surface area contributed by atoms with Gasteiger partial charge in [0.2, 0.25) is 0 Å². The number of hydrogen-bond donors (Lipinski definition) is 1. The number of nitrogens with one attached hydrogen (secondary N) is 1. The van der Waals surface area contributed by atoms with E-state index in [2.05, 4.69) is 21.2 Å². The zero-order valence-electron chi connectivity index (χ0n) is 9.82. The maximum atomic E-state index is 5.66. The van der Waals surface area contributed by atoms with Crippen molar-refractivity contribution >= 4 is 15.9 Å². The highest BCUT2D eigenvalue weighted by molar-refractivity contribution is 9.10. The van der Waals surface area contributed by atoms with E-state index in [4.69, 9.17) is 9.47 Å². The molecular weight excluding hydrogens is 282 g/mol. The zero-order valence-corrected chi connectivity index (χ0v) is 11.4. The van der Waals surface area contributed by atoms with Crippen molar-refractivity contribution in [3.8, 4) is 5.75 Å². The molecule has 1 heterocycles. The molecule has 1 aliphatic rings. The average Bonchev–Trinajstić information content (AvgIpc) is 2.84. The molecule has 0 aromatic heterocycles. The van der Waals surface area contributed by atoms with Gasteiger partial charge in [-0.3, -0.25) is 0 Å². The predicted molar refractivity (Wildman–Crippen MR) is 71.4 cm³/mol. The Balaban J connectivity index is 1.58. The van der Waals surface area contributed by atoms with Gasteiger partial charge in [0, 0.05) is 19.7 Å². The lowest BCUT2D eigenvalue weighted by atomic mass is 10.1. The molecule has 1 atom stereocenters. The van der Waals surface area contributed by atoms with Gasteiger partial charge in [0.15, 0.2) is 0 Å². The molecule has 3 nitrogen and oxygen atoms in total. The summed E-state index contributed by atoms with van der Waals surface area (Å²) < 4.78 is 12.0. The Labute approximate surface area is 111 Å². The highest BCUT2D eigenvalue weighted by Crippen LogP contribution is 2.23. The van der Waals surface area contributed by atoms with Gasteiger partial charge in [0.25, 0.3) is 0 Å². The normalized spacial score (nSPS) is 19.5. The first kappa shape index (κ1) is 12.9. The second-order valence-corrected chi connectivity index (χ2v) is 5.07. The van der Waals surface area contributed by atoms with Crippen molar-refractivity contribution in [1.29, 1.82) is 0 Å². The van der Waals surface area contributed by atoms with Gasteiger partial charge in [-0.1, -0.05) is 12.1 Å². The van der Waals surface area contributed by atoms with Crippen LogP contribution in [0.15, 0.2) is 28.7 Å². The standard InChI is InChI=1S/C13H18BrNO2/c14-12-3-1-2-4-13(12)17-8-6-15-9-11-5-7-16-10-11/h1-4,11,15H,5-10H2. The van der Waals surface area contributed by atoms with E-state index >= 15 is 0 Å². The summed E-state index contributed by atoms with van der Waals surface area (Å²) in [7, 11) is 0. The van der Waals surface area contributed by atoms with E-state index in [9.17, 15) is 0 Å². The van der Waals surface area contributed by atoms with Crippen molar-refractivity contribution in [2.45, 2.75) is 6.42 Å². The van der Waals surface area contributed by atoms with E-state index < -0.39 is 0 Å². The lowest BCUT2D eigenvalue weighted by molar-refractivity contribution is 0.185. The van der Waals surface area contributed by atoms with Gasteiger partial charge in [-0.25, -0.2) is 0 Å². The van der Waals surface area contributed by atoms with E-state index in [1.165, 1.54) is 6.42 Å². The van der Waals surface area contributed by atoms with Gasteiger partial charge in [-0.2, -0.15) is 0 Å². The van der Waals surface area contributed by atoms with Gasteiger partial charge in [0.05, 0.1) is 11.1 Å². The van der Waals surface area contributed by atoms with E-state index in [0.29, 0.717) is 12.5 Å². The zero-order chi connectivity index (χ0) is 11.9. The lowest BCUT2D eigenvalue weighted by Crippen LogP contribution is -2.27. The van der Waals surface area contributed by atoms with Crippen LogP contribution in [-0.4, -0.2) is 32.9 Å². The van der Waals surface area contributed by atoms with Crippen molar-refractivity contribution in [2.75, 3.05) is 32.9 Å². The molecule has 0 amide bonds. The minimum absolute atomic E-state index is 0.679. The average molecular weight is 300 g/mol. The monoisotopic (exact) mass is 299 g/mol. The molecule has 0 saturated carbocycles. The van der Waals surface area contributed by atoms with Crippen molar-refractivity contribution in [3.05, 3.63) is 28.7 Å². The van der Waals surface area contributed by atoms with Crippen LogP contribution in [0, 0.1) is 5.92 Å². The molecule has 2 rings (SSSR count). The molecule has 1 aromatic rings. The predicted octanol–water partition coefficient (Wildman–Crippen LogP) is 2.45. The smallest absolute Gasteiger partial charge is 0.133 e. The Morgan fingerprint density at radius 2 is 2.29 bits per heavy atom. The van der Waals surface area contributed by atoms with Crippen LogP contribution in [-0.2, 0) is 4.74 Å². The van der Waals surface area contributed by atoms with E-state index in [1.807, 2.05) is 24.3 Å². The molecule has 1 unspecified atom stereocenters. The summed E-state index contributed by atoms with van der Waals surface area (Å²) in [5.41, 5.74) is 0. The molecule has 17 heavy (non-hydrogen) atoms. The third kappa shape index (κ3) is 4.30. The van der Waals surface area contributed by atoms with Gasteiger partial charge in [-0.15, -0.1) is 0 Å². The molecule has 1 aromatic carbocycles. The minimum Gasteiger partial charge on any atom is -0.491 e. The molecule has 1 N–H and O–H groups in total. The summed E-state index contributed by atoms with van der Waals surface area (Å²) in [5.74, 6) is 1.58. The molecular formula is C13H18BrNO2. The summed E-state index contributed by atoms with van der Waals surface area (Å²) in [4.78, 5) is 0. The fourth-order valence-corrected chi connectivity index (χ4v) is 2.24. The van der Waals surface area contributed by atoms with E-state index in [-0.39, 0.29) is 0 Å². The topological polar surface area (TPSA) is 30.5 Å². The van der Waals surface area contributed by atoms with Gasteiger partial charge in [-0.05, 0) is 40.4 Å². The number of rotatable bonds is 6. The van der Waals surface area contributed by atoms with Gasteiger partial charge in [0.1, 0.15) is 12.4 Å². The number of hydrogen-bond acceptors (Lipinski definition) is 3. The summed E-state index contributed by atoms with van der Waals surface area (Å²) in [5, 5.41) is 3.40. The van der Waals surface area contributed by atoms with Crippen molar-refractivity contribution in [1.82, 2.24) is 5.32 Å². The summed E-state index contributed by atoms with van der Waals surface area (Å²) in [6, 6.07) is 7.91. The fraction of sp³-hybridized carbons (Fsp3) is 0.538. The molecule has 0 radical (unpaired) electrons. The van der Waals surface area contributed by atoms with Crippen molar-refractivity contribution in [3.63, 3.8) is 0 Å². The van der Waals surface area contributed by atoms with Crippen LogP contribution in [0.2, 0.25) is 0 Å².